The molecule has 0 bridgehead atoms. The molecule has 2 heterocycles. The van der Waals surface area contributed by atoms with E-state index in [1.54, 1.807) is 18.6 Å². The van der Waals surface area contributed by atoms with Crippen LogP contribution < -0.4 is 4.74 Å². The fourth-order valence-corrected chi connectivity index (χ4v) is 2.11. The van der Waals surface area contributed by atoms with Crippen molar-refractivity contribution in [2.75, 3.05) is 0 Å². The number of ether oxygens (including phenoxy) is 1. The third-order valence-electron chi connectivity index (χ3n) is 2.27. The van der Waals surface area contributed by atoms with Crippen LogP contribution in [0.3, 0.4) is 0 Å². The molecule has 0 saturated heterocycles. The summed E-state index contributed by atoms with van der Waals surface area (Å²) >= 11 is 1.48. The summed E-state index contributed by atoms with van der Waals surface area (Å²) in [7, 11) is 0. The van der Waals surface area contributed by atoms with Gasteiger partial charge in [-0.1, -0.05) is 6.07 Å². The van der Waals surface area contributed by atoms with Crippen molar-refractivity contribution in [1.82, 2.24) is 15.0 Å². The van der Waals surface area contributed by atoms with Crippen LogP contribution in [0.1, 0.15) is 5.69 Å². The lowest BCUT2D eigenvalue weighted by atomic mass is 10.3. The highest BCUT2D eigenvalue weighted by Crippen LogP contribution is 2.26. The maximum absolute atomic E-state index is 5.69. The molecule has 0 aliphatic rings. The van der Waals surface area contributed by atoms with Crippen molar-refractivity contribution in [1.29, 1.82) is 0 Å². The van der Waals surface area contributed by atoms with Crippen LogP contribution in [0.25, 0.3) is 10.2 Å². The molecule has 4 nitrogen and oxygen atoms in total. The zero-order valence-corrected chi connectivity index (χ0v) is 9.65. The minimum atomic E-state index is 0.393. The first-order chi connectivity index (χ1) is 8.43. The molecule has 1 aromatic carbocycles. The largest absolute Gasteiger partial charge is 0.485 e. The van der Waals surface area contributed by atoms with Crippen LogP contribution in [0.2, 0.25) is 0 Å². The van der Waals surface area contributed by atoms with Crippen molar-refractivity contribution in [2.24, 2.45) is 0 Å². The van der Waals surface area contributed by atoms with Crippen molar-refractivity contribution in [3.05, 3.63) is 48.0 Å². The van der Waals surface area contributed by atoms with Crippen LogP contribution in [0.5, 0.6) is 5.75 Å². The Bertz CT molecular complexity index is 624. The van der Waals surface area contributed by atoms with Gasteiger partial charge in [-0.15, -0.1) is 11.3 Å². The summed E-state index contributed by atoms with van der Waals surface area (Å²) in [6.45, 7) is 0.393. The van der Waals surface area contributed by atoms with E-state index in [-0.39, 0.29) is 0 Å². The molecule has 0 unspecified atom stereocenters. The van der Waals surface area contributed by atoms with Gasteiger partial charge < -0.3 is 4.74 Å². The highest BCUT2D eigenvalue weighted by molar-refractivity contribution is 7.16. The summed E-state index contributed by atoms with van der Waals surface area (Å²) in [4.78, 5) is 12.3. The second-order valence-electron chi connectivity index (χ2n) is 3.39. The Morgan fingerprint density at radius 3 is 3.18 bits per heavy atom. The Labute approximate surface area is 102 Å². The molecular weight excluding hydrogens is 234 g/mol. The topological polar surface area (TPSA) is 47.9 Å². The third kappa shape index (κ3) is 2.09. The van der Waals surface area contributed by atoms with Crippen LogP contribution in [-0.4, -0.2) is 15.0 Å². The lowest BCUT2D eigenvalue weighted by molar-refractivity contribution is 0.304. The minimum Gasteiger partial charge on any atom is -0.485 e. The molecule has 1 radical (unpaired) electrons. The number of benzene rings is 1. The second-order valence-corrected chi connectivity index (χ2v) is 4.22. The normalized spacial score (nSPS) is 10.6. The summed E-state index contributed by atoms with van der Waals surface area (Å²) in [5.41, 5.74) is 4.50. The number of nitrogens with zero attached hydrogens (tertiary/aromatic N) is 3. The monoisotopic (exact) mass is 242 g/mol. The fourth-order valence-electron chi connectivity index (χ4n) is 1.49. The molecular formula is C12H8N3OS. The number of para-hydroxylation sites is 1. The molecule has 0 aliphatic heterocycles. The maximum atomic E-state index is 5.69. The smallest absolute Gasteiger partial charge is 0.153 e. The van der Waals surface area contributed by atoms with E-state index in [1.807, 2.05) is 18.2 Å². The zero-order chi connectivity index (χ0) is 11.5. The molecule has 5 heteroatoms. The average Bonchev–Trinajstić information content (AvgIpc) is 2.86. The van der Waals surface area contributed by atoms with Crippen LogP contribution in [0.4, 0.5) is 0 Å². The lowest BCUT2D eigenvalue weighted by Gasteiger charge is -2.05. The van der Waals surface area contributed by atoms with Crippen molar-refractivity contribution in [3.8, 4) is 5.75 Å². The first-order valence-electron chi connectivity index (χ1n) is 5.07. The van der Waals surface area contributed by atoms with Gasteiger partial charge in [-0.05, 0) is 12.1 Å². The van der Waals surface area contributed by atoms with Gasteiger partial charge in [0.2, 0.25) is 0 Å². The average molecular weight is 242 g/mol. The van der Waals surface area contributed by atoms with E-state index in [0.717, 1.165) is 21.7 Å². The first-order valence-corrected chi connectivity index (χ1v) is 5.88. The van der Waals surface area contributed by atoms with Crippen LogP contribution in [0, 0.1) is 5.51 Å². The number of fused-ring (bicyclic) bond motifs is 1. The van der Waals surface area contributed by atoms with Crippen molar-refractivity contribution in [2.45, 2.75) is 6.61 Å². The van der Waals surface area contributed by atoms with E-state index in [2.05, 4.69) is 20.5 Å². The maximum Gasteiger partial charge on any atom is 0.153 e. The Morgan fingerprint density at radius 2 is 2.29 bits per heavy atom. The van der Waals surface area contributed by atoms with E-state index >= 15 is 0 Å². The Balaban J connectivity index is 1.84. The molecule has 0 fully saturated rings. The van der Waals surface area contributed by atoms with E-state index in [1.165, 1.54) is 11.3 Å². The molecule has 0 aliphatic carbocycles. The van der Waals surface area contributed by atoms with Crippen LogP contribution in [-0.2, 0) is 6.61 Å². The summed E-state index contributed by atoms with van der Waals surface area (Å²) in [6, 6.07) is 5.84. The van der Waals surface area contributed by atoms with Crippen molar-refractivity contribution in [3.63, 3.8) is 0 Å². The predicted octanol–water partition coefficient (Wildman–Crippen LogP) is 2.47. The SMILES string of the molecule is [c]1nc2c(OCc3cnccn3)cccc2s1. The molecule has 0 atom stereocenters. The minimum absolute atomic E-state index is 0.393. The van der Waals surface area contributed by atoms with Gasteiger partial charge in [0.15, 0.2) is 5.51 Å². The predicted molar refractivity (Wildman–Crippen MR) is 64.8 cm³/mol. The van der Waals surface area contributed by atoms with Gasteiger partial charge in [-0.25, -0.2) is 4.98 Å². The van der Waals surface area contributed by atoms with Gasteiger partial charge in [-0.2, -0.15) is 0 Å². The third-order valence-corrected chi connectivity index (χ3v) is 3.00. The van der Waals surface area contributed by atoms with Crippen molar-refractivity contribution < 1.29 is 4.74 Å². The molecule has 3 aromatic rings. The van der Waals surface area contributed by atoms with Crippen LogP contribution in [0.15, 0.2) is 36.8 Å². The summed E-state index contributed by atoms with van der Waals surface area (Å²) in [5.74, 6) is 0.755. The summed E-state index contributed by atoms with van der Waals surface area (Å²) < 4.78 is 6.76. The second kappa shape index (κ2) is 4.47. The van der Waals surface area contributed by atoms with Gasteiger partial charge in [0, 0.05) is 12.4 Å². The number of hydrogen-bond acceptors (Lipinski definition) is 5. The summed E-state index contributed by atoms with van der Waals surface area (Å²) in [6.07, 6.45) is 4.98. The van der Waals surface area contributed by atoms with Gasteiger partial charge >= 0.3 is 0 Å². The van der Waals surface area contributed by atoms with Gasteiger partial charge in [0.05, 0.1) is 16.6 Å². The number of rotatable bonds is 3. The Morgan fingerprint density at radius 1 is 1.29 bits per heavy atom. The van der Waals surface area contributed by atoms with Gasteiger partial charge in [0.25, 0.3) is 0 Å². The molecule has 17 heavy (non-hydrogen) atoms. The van der Waals surface area contributed by atoms with E-state index < -0.39 is 0 Å². The van der Waals surface area contributed by atoms with Gasteiger partial charge in [-0.3, -0.25) is 9.97 Å². The number of aromatic nitrogens is 3. The van der Waals surface area contributed by atoms with Gasteiger partial charge in [0.1, 0.15) is 17.9 Å². The standard InChI is InChI=1S/C12H8N3OS/c1-2-10(12-11(3-1)17-8-15-12)16-7-9-6-13-4-5-14-9/h1-6H,7H2. The molecule has 3 rings (SSSR count). The molecule has 0 saturated carbocycles. The molecule has 83 valence electrons. The molecule has 0 N–H and O–H groups in total. The van der Waals surface area contributed by atoms with E-state index in [0.29, 0.717) is 6.61 Å². The zero-order valence-electron chi connectivity index (χ0n) is 8.83. The van der Waals surface area contributed by atoms with E-state index in [4.69, 9.17) is 4.74 Å². The first kappa shape index (κ1) is 10.2. The number of hydrogen-bond donors (Lipinski definition) is 0. The molecule has 0 spiro atoms. The van der Waals surface area contributed by atoms with E-state index in [9.17, 15) is 0 Å². The summed E-state index contributed by atoms with van der Waals surface area (Å²) in [5, 5.41) is 0. The highest BCUT2D eigenvalue weighted by Gasteiger charge is 2.05. The van der Waals surface area contributed by atoms with Crippen LogP contribution >= 0.6 is 11.3 Å². The lowest BCUT2D eigenvalue weighted by Crippen LogP contribution is -1.98. The Hall–Kier alpha value is -2.01. The number of thiazole rings is 1. The molecule has 0 amide bonds. The fraction of sp³-hybridized carbons (Fsp3) is 0.0833. The van der Waals surface area contributed by atoms with Crippen molar-refractivity contribution >= 4 is 21.6 Å². The Kier molecular flexibility index (Phi) is 2.67. The molecule has 2 aromatic heterocycles. The highest BCUT2D eigenvalue weighted by atomic mass is 32.1. The quantitative estimate of drug-likeness (QED) is 0.708.